The predicted octanol–water partition coefficient (Wildman–Crippen LogP) is 2.67. The van der Waals surface area contributed by atoms with E-state index in [1.54, 1.807) is 61.8 Å². The van der Waals surface area contributed by atoms with Gasteiger partial charge in [0.15, 0.2) is 0 Å². The van der Waals surface area contributed by atoms with E-state index in [-0.39, 0.29) is 17.4 Å². The van der Waals surface area contributed by atoms with Gasteiger partial charge in [-0.25, -0.2) is 19.0 Å². The summed E-state index contributed by atoms with van der Waals surface area (Å²) < 4.78 is 21.9. The summed E-state index contributed by atoms with van der Waals surface area (Å²) in [5, 5.41) is 13.3. The fourth-order valence-electron chi connectivity index (χ4n) is 3.18. The molecule has 3 rings (SSSR count). The van der Waals surface area contributed by atoms with Crippen molar-refractivity contribution < 1.29 is 14.2 Å². The summed E-state index contributed by atoms with van der Waals surface area (Å²) in [7, 11) is 3.34. The fourth-order valence-corrected chi connectivity index (χ4v) is 3.18. The van der Waals surface area contributed by atoms with Crippen molar-refractivity contribution in [3.05, 3.63) is 52.7 Å². The van der Waals surface area contributed by atoms with Crippen LogP contribution in [0.1, 0.15) is 20.8 Å². The maximum Gasteiger partial charge on any atom is 0.275 e. The van der Waals surface area contributed by atoms with Gasteiger partial charge in [-0.3, -0.25) is 9.48 Å². The molecule has 0 saturated heterocycles. The number of nitrogens with one attached hydrogen (secondary N) is 1. The number of anilines is 1. The van der Waals surface area contributed by atoms with Gasteiger partial charge in [-0.2, -0.15) is 0 Å². The first kappa shape index (κ1) is 22.6. The molecule has 8 nitrogen and oxygen atoms in total. The van der Waals surface area contributed by atoms with Gasteiger partial charge in [0, 0.05) is 20.4 Å². The quantitative estimate of drug-likeness (QED) is 0.572. The van der Waals surface area contributed by atoms with Crippen molar-refractivity contribution in [3.63, 3.8) is 0 Å². The van der Waals surface area contributed by atoms with Crippen LogP contribution in [0, 0.1) is 5.82 Å². The van der Waals surface area contributed by atoms with E-state index in [9.17, 15) is 14.3 Å². The zero-order chi connectivity index (χ0) is 22.8. The maximum atomic E-state index is 13.5. The van der Waals surface area contributed by atoms with Crippen LogP contribution in [0.25, 0.3) is 22.5 Å². The number of halogens is 1. The van der Waals surface area contributed by atoms with E-state index < -0.39 is 5.60 Å². The second-order valence-electron chi connectivity index (χ2n) is 7.96. The van der Waals surface area contributed by atoms with Crippen LogP contribution in [0.2, 0.25) is 0 Å². The average Bonchev–Trinajstić information content (AvgIpc) is 2.96. The van der Waals surface area contributed by atoms with Gasteiger partial charge >= 0.3 is 0 Å². The molecule has 166 valence electrons. The van der Waals surface area contributed by atoms with Crippen LogP contribution in [0.5, 0.6) is 0 Å². The summed E-state index contributed by atoms with van der Waals surface area (Å²) in [6.07, 6.45) is 1.59. The van der Waals surface area contributed by atoms with Crippen LogP contribution in [0.4, 0.5) is 10.3 Å². The Morgan fingerprint density at radius 3 is 2.55 bits per heavy atom. The standard InChI is InChI=1S/C22H28FN5O3/c1-14(22(2,3)30)25-21-24-11-10-17(26-21)19-18(15-6-8-16(23)9-7-15)20(29)28(27(19)4)12-13-31-5/h6-11,14,30H,12-13H2,1-5H3,(H,24,25,26). The Kier molecular flexibility index (Phi) is 6.56. The molecule has 2 heterocycles. The summed E-state index contributed by atoms with van der Waals surface area (Å²) in [5.41, 5.74) is 0.906. The number of benzene rings is 1. The lowest BCUT2D eigenvalue weighted by Gasteiger charge is -2.26. The van der Waals surface area contributed by atoms with E-state index in [1.165, 1.54) is 12.1 Å². The molecule has 1 atom stereocenters. The first-order valence-corrected chi connectivity index (χ1v) is 10.0. The van der Waals surface area contributed by atoms with Gasteiger partial charge in [-0.05, 0) is 44.5 Å². The van der Waals surface area contributed by atoms with Crippen LogP contribution in [-0.2, 0) is 18.3 Å². The third-order valence-electron chi connectivity index (χ3n) is 5.31. The molecule has 1 aromatic carbocycles. The molecule has 0 spiro atoms. The van der Waals surface area contributed by atoms with Crippen molar-refractivity contribution in [2.24, 2.45) is 7.05 Å². The smallest absolute Gasteiger partial charge is 0.275 e. The minimum atomic E-state index is -0.977. The van der Waals surface area contributed by atoms with Gasteiger partial charge < -0.3 is 15.2 Å². The van der Waals surface area contributed by atoms with Gasteiger partial charge in [0.25, 0.3) is 5.56 Å². The van der Waals surface area contributed by atoms with E-state index in [4.69, 9.17) is 4.74 Å². The van der Waals surface area contributed by atoms with Crippen molar-refractivity contribution >= 4 is 5.95 Å². The molecule has 31 heavy (non-hydrogen) atoms. The molecule has 0 fully saturated rings. The van der Waals surface area contributed by atoms with Crippen molar-refractivity contribution in [2.45, 2.75) is 39.0 Å². The van der Waals surface area contributed by atoms with Crippen LogP contribution in [-0.4, -0.2) is 49.8 Å². The molecule has 0 bridgehead atoms. The highest BCUT2D eigenvalue weighted by Gasteiger charge is 2.25. The van der Waals surface area contributed by atoms with Crippen molar-refractivity contribution in [3.8, 4) is 22.5 Å². The van der Waals surface area contributed by atoms with Gasteiger partial charge in [0.1, 0.15) is 5.82 Å². The van der Waals surface area contributed by atoms with E-state index in [0.29, 0.717) is 41.6 Å². The monoisotopic (exact) mass is 429 g/mol. The Balaban J connectivity index is 2.15. The Bertz CT molecular complexity index is 1100. The summed E-state index contributed by atoms with van der Waals surface area (Å²) in [4.78, 5) is 22.1. The molecular weight excluding hydrogens is 401 g/mol. The number of methoxy groups -OCH3 is 1. The normalized spacial score (nSPS) is 12.7. The molecule has 0 saturated carbocycles. The lowest BCUT2D eigenvalue weighted by molar-refractivity contribution is 0.0646. The van der Waals surface area contributed by atoms with Gasteiger partial charge in [0.05, 0.1) is 41.7 Å². The van der Waals surface area contributed by atoms with E-state index in [2.05, 4.69) is 15.3 Å². The van der Waals surface area contributed by atoms with Crippen LogP contribution < -0.4 is 10.9 Å². The molecule has 0 aliphatic heterocycles. The molecular formula is C22H28FN5O3. The van der Waals surface area contributed by atoms with Crippen LogP contribution in [0.3, 0.4) is 0 Å². The molecule has 2 aromatic heterocycles. The maximum absolute atomic E-state index is 13.5. The zero-order valence-corrected chi connectivity index (χ0v) is 18.4. The highest BCUT2D eigenvalue weighted by atomic mass is 19.1. The lowest BCUT2D eigenvalue weighted by atomic mass is 10.0. The summed E-state index contributed by atoms with van der Waals surface area (Å²) in [6, 6.07) is 7.20. The molecule has 0 amide bonds. The van der Waals surface area contributed by atoms with Gasteiger partial charge in [-0.1, -0.05) is 12.1 Å². The minimum absolute atomic E-state index is 0.223. The third-order valence-corrected chi connectivity index (χ3v) is 5.31. The topological polar surface area (TPSA) is 94.2 Å². The number of aromatic nitrogens is 4. The number of rotatable bonds is 8. The zero-order valence-electron chi connectivity index (χ0n) is 18.4. The molecule has 2 N–H and O–H groups in total. The van der Waals surface area contributed by atoms with E-state index >= 15 is 0 Å². The van der Waals surface area contributed by atoms with Crippen molar-refractivity contribution in [2.75, 3.05) is 19.0 Å². The van der Waals surface area contributed by atoms with Crippen molar-refractivity contribution in [1.82, 2.24) is 19.3 Å². The Morgan fingerprint density at radius 2 is 1.94 bits per heavy atom. The lowest BCUT2D eigenvalue weighted by Crippen LogP contribution is -2.39. The highest BCUT2D eigenvalue weighted by molar-refractivity contribution is 5.79. The second-order valence-corrected chi connectivity index (χ2v) is 7.96. The number of nitrogens with zero attached hydrogens (tertiary/aromatic N) is 4. The first-order chi connectivity index (χ1) is 14.6. The first-order valence-electron chi connectivity index (χ1n) is 10.0. The second kappa shape index (κ2) is 8.99. The fraction of sp³-hybridized carbons (Fsp3) is 0.409. The van der Waals surface area contributed by atoms with E-state index in [1.807, 2.05) is 6.92 Å². The highest BCUT2D eigenvalue weighted by Crippen LogP contribution is 2.29. The number of hydrogen-bond acceptors (Lipinski definition) is 6. The van der Waals surface area contributed by atoms with E-state index in [0.717, 1.165) is 0 Å². The third kappa shape index (κ3) is 4.83. The number of hydrogen-bond donors (Lipinski definition) is 2. The molecule has 9 heteroatoms. The van der Waals surface area contributed by atoms with Gasteiger partial charge in [-0.15, -0.1) is 0 Å². The molecule has 3 aromatic rings. The average molecular weight is 429 g/mol. The molecule has 1 unspecified atom stereocenters. The number of ether oxygens (including phenoxy) is 1. The molecule has 0 aliphatic rings. The summed E-state index contributed by atoms with van der Waals surface area (Å²) in [5.74, 6) is -0.0515. The van der Waals surface area contributed by atoms with Crippen molar-refractivity contribution in [1.29, 1.82) is 0 Å². The SMILES string of the molecule is COCCn1c(=O)c(-c2ccc(F)cc2)c(-c2ccnc(NC(C)C(C)(C)O)n2)n1C. The number of aliphatic hydroxyl groups is 1. The van der Waals surface area contributed by atoms with Crippen LogP contribution >= 0.6 is 0 Å². The largest absolute Gasteiger partial charge is 0.388 e. The summed E-state index contributed by atoms with van der Waals surface area (Å²) >= 11 is 0. The Morgan fingerprint density at radius 1 is 1.26 bits per heavy atom. The predicted molar refractivity (Wildman–Crippen MR) is 117 cm³/mol. The Hall–Kier alpha value is -3.04. The molecule has 0 aliphatic carbocycles. The van der Waals surface area contributed by atoms with Gasteiger partial charge in [0.2, 0.25) is 5.95 Å². The van der Waals surface area contributed by atoms with Crippen LogP contribution in [0.15, 0.2) is 41.3 Å². The summed E-state index contributed by atoms with van der Waals surface area (Å²) in [6.45, 7) is 5.93. The molecule has 0 radical (unpaired) electrons. The Labute approximate surface area is 180 Å². The minimum Gasteiger partial charge on any atom is -0.388 e.